The predicted octanol–water partition coefficient (Wildman–Crippen LogP) is -0.497. The summed E-state index contributed by atoms with van der Waals surface area (Å²) in [5.41, 5.74) is 1.68. The third-order valence-electron chi connectivity index (χ3n) is 8.84. The number of primary amides is 1. The van der Waals surface area contributed by atoms with Crippen LogP contribution in [0.25, 0.3) is 0 Å². The molecule has 7 atom stereocenters. The molecule has 2 saturated carbocycles. The van der Waals surface area contributed by atoms with Crippen LogP contribution >= 0.6 is 0 Å². The number of phenolic OH excluding ortho intramolecular Hbond substituents is 1. The second kappa shape index (κ2) is 10.1. The van der Waals surface area contributed by atoms with Crippen LogP contribution in [0, 0.1) is 34.9 Å². The minimum absolute atomic E-state index is 0.0566. The average Bonchev–Trinajstić information content (AvgIpc) is 2.83. The number of aromatic hydroxyl groups is 1. The number of amides is 1. The summed E-state index contributed by atoms with van der Waals surface area (Å²) in [5, 5.41) is 35.1. The van der Waals surface area contributed by atoms with E-state index < -0.39 is 87.5 Å². The van der Waals surface area contributed by atoms with Crippen molar-refractivity contribution in [1.82, 2.24) is 10.2 Å². The molecular formula is C28H36FN3O8. The van der Waals surface area contributed by atoms with E-state index in [0.29, 0.717) is 0 Å². The van der Waals surface area contributed by atoms with Crippen molar-refractivity contribution in [2.75, 3.05) is 20.7 Å². The zero-order valence-electron chi connectivity index (χ0n) is 23.2. The number of phenols is 1. The number of nitrogens with zero attached hydrogens (tertiary/aromatic N) is 1. The number of nitrogens with one attached hydrogen (secondary N) is 1. The van der Waals surface area contributed by atoms with Crippen LogP contribution in [0.2, 0.25) is 0 Å². The lowest BCUT2D eigenvalue weighted by molar-refractivity contribution is -0.181. The Balaban J connectivity index is 1.76. The molecule has 4 rings (SSSR count). The van der Waals surface area contributed by atoms with Gasteiger partial charge in [-0.25, -0.2) is 4.39 Å². The van der Waals surface area contributed by atoms with Crippen molar-refractivity contribution in [1.29, 1.82) is 0 Å². The van der Waals surface area contributed by atoms with Crippen LogP contribution in [0.3, 0.4) is 0 Å². The number of Topliss-reactive ketones (excluding diaryl/α,β-unsaturated/α-hetero) is 4. The van der Waals surface area contributed by atoms with Crippen molar-refractivity contribution >= 4 is 29.0 Å². The van der Waals surface area contributed by atoms with Gasteiger partial charge < -0.3 is 26.4 Å². The minimum atomic E-state index is -2.83. The Morgan fingerprint density at radius 3 is 2.38 bits per heavy atom. The second-order valence-corrected chi connectivity index (χ2v) is 12.5. The second-order valence-electron chi connectivity index (χ2n) is 12.5. The van der Waals surface area contributed by atoms with Crippen LogP contribution in [0.4, 0.5) is 4.39 Å². The topological polar surface area (TPSA) is 187 Å². The van der Waals surface area contributed by atoms with Crippen LogP contribution in [0.15, 0.2) is 6.07 Å². The number of halogens is 1. The number of carbonyl (C=O) groups is 5. The molecule has 0 aliphatic heterocycles. The van der Waals surface area contributed by atoms with Crippen molar-refractivity contribution in [2.45, 2.75) is 57.8 Å². The zero-order chi connectivity index (χ0) is 30.1. The van der Waals surface area contributed by atoms with E-state index in [9.17, 15) is 39.3 Å². The first-order chi connectivity index (χ1) is 18.5. The van der Waals surface area contributed by atoms with Gasteiger partial charge in [-0.15, -0.1) is 0 Å². The number of rotatable bonds is 6. The number of ketones is 4. The molecule has 1 aromatic carbocycles. The van der Waals surface area contributed by atoms with Gasteiger partial charge in [0, 0.05) is 29.6 Å². The molecule has 0 radical (unpaired) electrons. The Bertz CT molecular complexity index is 1310. The van der Waals surface area contributed by atoms with E-state index in [-0.39, 0.29) is 42.5 Å². The molecule has 1 amide bonds. The number of aliphatic hydroxyl groups is 2. The van der Waals surface area contributed by atoms with Crippen LogP contribution in [0.5, 0.6) is 5.75 Å². The SMILES string of the molecule is CN(C)[C@@H]1C(=O)C(C(N)=O)C(=O)[C@@]2(O)C(=O)C3C(=O)c4c(O)cc(CN[C@H](CO)C(C)(C)C)c(F)c4C[C@H]3C[C@@H]12. The number of likely N-dealkylation sites (N-methyl/N-ethyl adjacent to an activating group) is 1. The van der Waals surface area contributed by atoms with E-state index in [1.165, 1.54) is 19.0 Å². The Morgan fingerprint density at radius 2 is 1.85 bits per heavy atom. The fourth-order valence-electron chi connectivity index (χ4n) is 6.71. The number of nitrogens with two attached hydrogens (primary N) is 1. The maximum atomic E-state index is 15.8. The summed E-state index contributed by atoms with van der Waals surface area (Å²) in [6.07, 6.45) is -0.328. The summed E-state index contributed by atoms with van der Waals surface area (Å²) in [6, 6.07) is -0.543. The fourth-order valence-corrected chi connectivity index (χ4v) is 6.71. The van der Waals surface area contributed by atoms with Gasteiger partial charge in [0.05, 0.1) is 24.1 Å². The molecule has 2 unspecified atom stereocenters. The lowest BCUT2D eigenvalue weighted by atomic mass is 9.52. The van der Waals surface area contributed by atoms with Gasteiger partial charge in [-0.05, 0) is 44.3 Å². The minimum Gasteiger partial charge on any atom is -0.507 e. The standard InChI is InChI=1S/C28H36FN3O8/c1-27(2,3)16(10-33)31-9-12-8-15(34)18-13(20(12)29)6-11-7-14-21(32(4)5)23(36)19(26(30)39)25(38)28(14,40)24(37)17(11)22(18)35/h8,11,14,16-17,19,21,31,33-34,40H,6-7,9-10H2,1-5H3,(H2,30,39)/t11-,14-,16+,17?,19?,21-,28-/m0/s1. The lowest BCUT2D eigenvalue weighted by Gasteiger charge is -2.52. The molecule has 6 N–H and O–H groups in total. The molecule has 218 valence electrons. The quantitative estimate of drug-likeness (QED) is 0.284. The van der Waals surface area contributed by atoms with Crippen molar-refractivity contribution in [3.05, 3.63) is 28.6 Å². The van der Waals surface area contributed by atoms with Crippen molar-refractivity contribution in [2.24, 2.45) is 34.8 Å². The Kier molecular flexibility index (Phi) is 7.55. The molecule has 0 bridgehead atoms. The Hall–Kier alpha value is -3.06. The molecule has 0 saturated heterocycles. The van der Waals surface area contributed by atoms with E-state index in [0.717, 1.165) is 6.07 Å². The predicted molar refractivity (Wildman–Crippen MR) is 138 cm³/mol. The van der Waals surface area contributed by atoms with Gasteiger partial charge >= 0.3 is 0 Å². The van der Waals surface area contributed by atoms with Crippen LogP contribution < -0.4 is 11.1 Å². The summed E-state index contributed by atoms with van der Waals surface area (Å²) >= 11 is 0. The Labute approximate surface area is 230 Å². The maximum Gasteiger partial charge on any atom is 0.235 e. The molecule has 40 heavy (non-hydrogen) atoms. The van der Waals surface area contributed by atoms with Gasteiger partial charge in [-0.1, -0.05) is 20.8 Å². The highest BCUT2D eigenvalue weighted by molar-refractivity contribution is 6.32. The third kappa shape index (κ3) is 4.37. The molecule has 3 aliphatic rings. The van der Waals surface area contributed by atoms with E-state index in [1.54, 1.807) is 0 Å². The normalized spacial score (nSPS) is 31.1. The van der Waals surface area contributed by atoms with Crippen LogP contribution in [-0.2, 0) is 32.1 Å². The molecule has 1 aromatic rings. The summed E-state index contributed by atoms with van der Waals surface area (Å²) < 4.78 is 15.8. The van der Waals surface area contributed by atoms with E-state index >= 15 is 4.39 Å². The number of hydrogen-bond donors (Lipinski definition) is 5. The molecular weight excluding hydrogens is 525 g/mol. The van der Waals surface area contributed by atoms with Gasteiger partial charge in [0.2, 0.25) is 5.91 Å². The average molecular weight is 562 g/mol. The molecule has 0 spiro atoms. The van der Waals surface area contributed by atoms with Gasteiger partial charge in [-0.3, -0.25) is 28.9 Å². The molecule has 2 fully saturated rings. The van der Waals surface area contributed by atoms with Gasteiger partial charge in [-0.2, -0.15) is 0 Å². The third-order valence-corrected chi connectivity index (χ3v) is 8.84. The molecule has 12 heteroatoms. The largest absolute Gasteiger partial charge is 0.507 e. The summed E-state index contributed by atoms with van der Waals surface area (Å²) in [5.74, 6) is -12.7. The molecule has 0 heterocycles. The Morgan fingerprint density at radius 1 is 1.23 bits per heavy atom. The highest BCUT2D eigenvalue weighted by atomic mass is 19.1. The first-order valence-electron chi connectivity index (χ1n) is 13.2. The van der Waals surface area contributed by atoms with Crippen molar-refractivity contribution in [3.63, 3.8) is 0 Å². The van der Waals surface area contributed by atoms with Gasteiger partial charge in [0.25, 0.3) is 0 Å². The number of fused-ring (bicyclic) bond motifs is 3. The number of carbonyl (C=O) groups excluding carboxylic acids is 5. The van der Waals surface area contributed by atoms with Crippen molar-refractivity contribution in [3.8, 4) is 5.75 Å². The lowest BCUT2D eigenvalue weighted by Crippen LogP contribution is -2.74. The first kappa shape index (κ1) is 29.9. The monoisotopic (exact) mass is 561 g/mol. The fraction of sp³-hybridized carbons (Fsp3) is 0.607. The number of aliphatic hydroxyl groups excluding tert-OH is 1. The summed E-state index contributed by atoms with van der Waals surface area (Å²) in [4.78, 5) is 67.2. The highest BCUT2D eigenvalue weighted by Gasteiger charge is 2.69. The molecule has 0 aromatic heterocycles. The van der Waals surface area contributed by atoms with Gasteiger partial charge in [0.15, 0.2) is 34.7 Å². The smallest absolute Gasteiger partial charge is 0.235 e. The van der Waals surface area contributed by atoms with Crippen LogP contribution in [0.1, 0.15) is 48.7 Å². The summed E-state index contributed by atoms with van der Waals surface area (Å²) in [6.45, 7) is 5.43. The maximum absolute atomic E-state index is 15.8. The van der Waals surface area contributed by atoms with E-state index in [1.807, 2.05) is 20.8 Å². The first-order valence-corrected chi connectivity index (χ1v) is 13.2. The highest BCUT2D eigenvalue weighted by Crippen LogP contribution is 2.51. The van der Waals surface area contributed by atoms with Gasteiger partial charge in [0.1, 0.15) is 11.6 Å². The molecule has 11 nitrogen and oxygen atoms in total. The molecule has 3 aliphatic carbocycles. The van der Waals surface area contributed by atoms with Crippen LogP contribution in [-0.4, -0.2) is 87.6 Å². The number of hydrogen-bond acceptors (Lipinski definition) is 10. The zero-order valence-corrected chi connectivity index (χ0v) is 23.2. The summed E-state index contributed by atoms with van der Waals surface area (Å²) in [7, 11) is 2.98. The number of benzene rings is 1. The van der Waals surface area contributed by atoms with E-state index in [2.05, 4.69) is 5.32 Å². The van der Waals surface area contributed by atoms with Crippen molar-refractivity contribution < 1.29 is 43.7 Å². The van der Waals surface area contributed by atoms with E-state index in [4.69, 9.17) is 5.73 Å².